The highest BCUT2D eigenvalue weighted by molar-refractivity contribution is 5.88. The van der Waals surface area contributed by atoms with Gasteiger partial charge in [-0.05, 0) is 54.4 Å². The van der Waals surface area contributed by atoms with Gasteiger partial charge < -0.3 is 5.32 Å². The number of aryl methyl sites for hydroxylation is 1. The number of ketones is 1. The molecule has 2 unspecified atom stereocenters. The third kappa shape index (κ3) is 9.09. The van der Waals surface area contributed by atoms with E-state index in [9.17, 15) is 9.59 Å². The Morgan fingerprint density at radius 3 is 2.43 bits per heavy atom. The summed E-state index contributed by atoms with van der Waals surface area (Å²) in [5.74, 6) is 1.06. The molecule has 0 saturated heterocycles. The van der Waals surface area contributed by atoms with E-state index < -0.39 is 0 Å². The lowest BCUT2D eigenvalue weighted by Crippen LogP contribution is -2.30. The molecule has 1 amide bonds. The highest BCUT2D eigenvalue weighted by Gasteiger charge is 2.27. The maximum absolute atomic E-state index is 13.0. The molecule has 0 bridgehead atoms. The minimum Gasteiger partial charge on any atom is -0.326 e. The Balaban J connectivity index is 0.00000210. The molecule has 194 valence electrons. The molecule has 1 fully saturated rings. The van der Waals surface area contributed by atoms with E-state index >= 15 is 0 Å². The molecule has 2 aliphatic carbocycles. The van der Waals surface area contributed by atoms with Crippen molar-refractivity contribution in [2.75, 3.05) is 0 Å². The lowest BCUT2D eigenvalue weighted by atomic mass is 9.80. The Morgan fingerprint density at radius 1 is 1.03 bits per heavy atom. The zero-order valence-corrected chi connectivity index (χ0v) is 23.0. The minimum absolute atomic E-state index is 0.0122. The molecule has 1 aromatic rings. The lowest BCUT2D eigenvalue weighted by molar-refractivity contribution is -0.129. The number of nitrogens with one attached hydrogen (secondary N) is 1. The van der Waals surface area contributed by atoms with Crippen molar-refractivity contribution in [1.29, 1.82) is 0 Å². The van der Waals surface area contributed by atoms with Gasteiger partial charge in [-0.3, -0.25) is 9.59 Å². The molecule has 0 spiro atoms. The van der Waals surface area contributed by atoms with E-state index in [1.165, 1.54) is 48.8 Å². The van der Waals surface area contributed by atoms with Crippen LogP contribution in [0.2, 0.25) is 0 Å². The number of Topliss-reactive ketones (excluding diaryl/α,β-unsaturated/α-hetero) is 1. The monoisotopic (exact) mass is 479 g/mol. The highest BCUT2D eigenvalue weighted by Crippen LogP contribution is 2.39. The summed E-state index contributed by atoms with van der Waals surface area (Å²) in [6, 6.07) is 8.94. The number of carbonyl (C=O) groups excluding carboxylic acids is 2. The molecular formula is C32H49NO2. The molecule has 0 aliphatic heterocycles. The second-order valence-electron chi connectivity index (χ2n) is 10.1. The fourth-order valence-corrected chi connectivity index (χ4v) is 5.50. The van der Waals surface area contributed by atoms with Gasteiger partial charge in [-0.2, -0.15) is 0 Å². The zero-order chi connectivity index (χ0) is 25.6. The Morgan fingerprint density at radius 2 is 1.77 bits per heavy atom. The normalized spacial score (nSPS) is 18.7. The number of amides is 1. The van der Waals surface area contributed by atoms with Gasteiger partial charge in [0.2, 0.25) is 5.91 Å². The summed E-state index contributed by atoms with van der Waals surface area (Å²) in [5.41, 5.74) is 4.92. The molecule has 35 heavy (non-hydrogen) atoms. The molecule has 1 aromatic carbocycles. The summed E-state index contributed by atoms with van der Waals surface area (Å²) < 4.78 is 0. The van der Waals surface area contributed by atoms with Gasteiger partial charge >= 0.3 is 0 Å². The van der Waals surface area contributed by atoms with E-state index in [0.29, 0.717) is 25.2 Å². The van der Waals surface area contributed by atoms with E-state index in [1.54, 1.807) is 0 Å². The van der Waals surface area contributed by atoms with Gasteiger partial charge in [-0.15, -0.1) is 0 Å². The molecule has 3 nitrogen and oxygen atoms in total. The van der Waals surface area contributed by atoms with Crippen LogP contribution < -0.4 is 5.32 Å². The number of hydrogen-bond acceptors (Lipinski definition) is 2. The fraction of sp³-hybridized carbons (Fsp3) is 0.625. The van der Waals surface area contributed by atoms with Gasteiger partial charge in [0.1, 0.15) is 5.78 Å². The standard InChI is InChI=1S/C30H43NO2.C2H6/c1-4-11-22-15-10-16-25(17-22)29-21-27(19-26(29)18-23-13-8-7-9-14-23)31-30(33)24(6-3)20-28(32)12-5-2;1-2/h10,15-17,19,21,23-24,26H,4-9,11-14,18,20H2,1-3H3,(H,31,33);1-2H3. The average molecular weight is 480 g/mol. The van der Waals surface area contributed by atoms with E-state index in [0.717, 1.165) is 37.3 Å². The number of hydrogen-bond donors (Lipinski definition) is 1. The van der Waals surface area contributed by atoms with Crippen LogP contribution in [0.3, 0.4) is 0 Å². The summed E-state index contributed by atoms with van der Waals surface area (Å²) in [6.07, 6.45) is 17.0. The van der Waals surface area contributed by atoms with Crippen molar-refractivity contribution in [3.05, 3.63) is 53.2 Å². The van der Waals surface area contributed by atoms with Gasteiger partial charge in [0.15, 0.2) is 0 Å². The molecule has 0 aromatic heterocycles. The molecule has 1 saturated carbocycles. The van der Waals surface area contributed by atoms with Crippen molar-refractivity contribution in [2.24, 2.45) is 17.8 Å². The molecule has 2 atom stereocenters. The second kappa shape index (κ2) is 15.8. The molecule has 1 N–H and O–H groups in total. The highest BCUT2D eigenvalue weighted by atomic mass is 16.2. The third-order valence-electron chi connectivity index (χ3n) is 7.34. The maximum Gasteiger partial charge on any atom is 0.227 e. The predicted molar refractivity (Wildman–Crippen MR) is 149 cm³/mol. The van der Waals surface area contributed by atoms with Crippen molar-refractivity contribution >= 4 is 17.3 Å². The van der Waals surface area contributed by atoms with Gasteiger partial charge in [0, 0.05) is 30.4 Å². The number of allylic oxidation sites excluding steroid dienone is 3. The van der Waals surface area contributed by atoms with Crippen LogP contribution in [0.4, 0.5) is 0 Å². The Hall–Kier alpha value is -2.16. The van der Waals surface area contributed by atoms with Crippen LogP contribution in [0.25, 0.3) is 5.57 Å². The largest absolute Gasteiger partial charge is 0.326 e. The first-order valence-electron chi connectivity index (χ1n) is 14.4. The quantitative estimate of drug-likeness (QED) is 0.327. The predicted octanol–water partition coefficient (Wildman–Crippen LogP) is 8.43. The van der Waals surface area contributed by atoms with Crippen LogP contribution >= 0.6 is 0 Å². The van der Waals surface area contributed by atoms with Crippen LogP contribution in [-0.4, -0.2) is 11.7 Å². The van der Waals surface area contributed by atoms with Crippen LogP contribution in [0.15, 0.2) is 42.1 Å². The summed E-state index contributed by atoms with van der Waals surface area (Å²) in [5, 5.41) is 3.18. The molecule has 0 radical (unpaired) electrons. The first-order chi connectivity index (χ1) is 17.0. The van der Waals surface area contributed by atoms with Crippen LogP contribution in [0.5, 0.6) is 0 Å². The smallest absolute Gasteiger partial charge is 0.227 e. The summed E-state index contributed by atoms with van der Waals surface area (Å²) >= 11 is 0. The Kier molecular flexibility index (Phi) is 13.1. The van der Waals surface area contributed by atoms with Crippen molar-refractivity contribution in [3.63, 3.8) is 0 Å². The van der Waals surface area contributed by atoms with E-state index in [2.05, 4.69) is 48.7 Å². The van der Waals surface area contributed by atoms with Gasteiger partial charge in [0.25, 0.3) is 0 Å². The van der Waals surface area contributed by atoms with E-state index in [-0.39, 0.29) is 17.6 Å². The number of carbonyl (C=O) groups is 2. The molecule has 3 heteroatoms. The van der Waals surface area contributed by atoms with Crippen LogP contribution in [-0.2, 0) is 16.0 Å². The Bertz CT molecular complexity index is 860. The summed E-state index contributed by atoms with van der Waals surface area (Å²) in [7, 11) is 0. The van der Waals surface area contributed by atoms with Gasteiger partial charge in [0.05, 0.1) is 0 Å². The minimum atomic E-state index is -0.243. The lowest BCUT2D eigenvalue weighted by Gasteiger charge is -2.25. The third-order valence-corrected chi connectivity index (χ3v) is 7.34. The van der Waals surface area contributed by atoms with Crippen molar-refractivity contribution in [2.45, 2.75) is 112 Å². The molecule has 0 heterocycles. The topological polar surface area (TPSA) is 46.2 Å². The van der Waals surface area contributed by atoms with Gasteiger partial charge in [-0.25, -0.2) is 0 Å². The summed E-state index contributed by atoms with van der Waals surface area (Å²) in [6.45, 7) is 10.2. The van der Waals surface area contributed by atoms with Gasteiger partial charge in [-0.1, -0.05) is 103 Å². The van der Waals surface area contributed by atoms with Crippen molar-refractivity contribution < 1.29 is 9.59 Å². The van der Waals surface area contributed by atoms with Crippen molar-refractivity contribution in [1.82, 2.24) is 5.32 Å². The first-order valence-corrected chi connectivity index (χ1v) is 14.4. The number of benzene rings is 1. The fourth-order valence-electron chi connectivity index (χ4n) is 5.50. The molecule has 2 aliphatic rings. The van der Waals surface area contributed by atoms with E-state index in [1.807, 2.05) is 27.7 Å². The van der Waals surface area contributed by atoms with Crippen molar-refractivity contribution in [3.8, 4) is 0 Å². The SMILES string of the molecule is CC.CCCC(=O)CC(CC)C(=O)NC1=CC(CC2CCCCC2)C(c2cccc(CCC)c2)=C1. The zero-order valence-electron chi connectivity index (χ0n) is 23.0. The van der Waals surface area contributed by atoms with Crippen LogP contribution in [0.1, 0.15) is 116 Å². The molecule has 3 rings (SSSR count). The maximum atomic E-state index is 13.0. The van der Waals surface area contributed by atoms with Crippen LogP contribution in [0, 0.1) is 17.8 Å². The average Bonchev–Trinajstić information content (AvgIpc) is 3.26. The van der Waals surface area contributed by atoms with E-state index in [4.69, 9.17) is 0 Å². The number of rotatable bonds is 12. The first kappa shape index (κ1) is 29.1. The Labute approximate surface area is 214 Å². The second-order valence-corrected chi connectivity index (χ2v) is 10.1. The molecular weight excluding hydrogens is 430 g/mol. The summed E-state index contributed by atoms with van der Waals surface area (Å²) in [4.78, 5) is 25.2.